The summed E-state index contributed by atoms with van der Waals surface area (Å²) in [6, 6.07) is 0. The molecule has 5 nitrogen and oxygen atoms in total. The van der Waals surface area contributed by atoms with Crippen LogP contribution in [0.25, 0.3) is 4.96 Å². The van der Waals surface area contributed by atoms with Crippen molar-refractivity contribution in [3.63, 3.8) is 0 Å². The lowest BCUT2D eigenvalue weighted by Crippen LogP contribution is -2.42. The van der Waals surface area contributed by atoms with Crippen LogP contribution in [0, 0.1) is 0 Å². The Morgan fingerprint density at radius 3 is 3.11 bits per heavy atom. The molecule has 0 amide bonds. The summed E-state index contributed by atoms with van der Waals surface area (Å²) < 4.78 is 25.0. The molecule has 1 saturated heterocycles. The summed E-state index contributed by atoms with van der Waals surface area (Å²) in [5.74, 6) is 0.511. The minimum absolute atomic E-state index is 0.224. The van der Waals surface area contributed by atoms with Crippen LogP contribution in [-0.4, -0.2) is 34.8 Å². The monoisotopic (exact) mass is 285 g/mol. The van der Waals surface area contributed by atoms with E-state index < -0.39 is 9.84 Å². The topological polar surface area (TPSA) is 63.5 Å². The van der Waals surface area contributed by atoms with Crippen LogP contribution in [0.1, 0.15) is 19.0 Å². The van der Waals surface area contributed by atoms with Gasteiger partial charge in [0.25, 0.3) is 0 Å². The molecular formula is C11H15N3O2S2. The normalized spacial score (nSPS) is 26.9. The lowest BCUT2D eigenvalue weighted by Gasteiger charge is -2.23. The molecule has 1 atom stereocenters. The van der Waals surface area contributed by atoms with E-state index in [1.54, 1.807) is 11.3 Å². The van der Waals surface area contributed by atoms with Crippen LogP contribution >= 0.6 is 11.3 Å². The van der Waals surface area contributed by atoms with E-state index in [-0.39, 0.29) is 17.0 Å². The highest BCUT2D eigenvalue weighted by Crippen LogP contribution is 2.23. The number of sulfone groups is 1. The first-order valence-corrected chi connectivity index (χ1v) is 8.52. The maximum absolute atomic E-state index is 11.5. The summed E-state index contributed by atoms with van der Waals surface area (Å²) in [7, 11) is -2.86. The summed E-state index contributed by atoms with van der Waals surface area (Å²) in [6.07, 6.45) is 4.63. The van der Waals surface area contributed by atoms with Gasteiger partial charge in [0.05, 0.1) is 17.2 Å². The number of fused-ring (bicyclic) bond motifs is 1. The Morgan fingerprint density at radius 1 is 1.61 bits per heavy atom. The molecule has 0 bridgehead atoms. The first-order valence-electron chi connectivity index (χ1n) is 5.82. The van der Waals surface area contributed by atoms with Crippen LogP contribution in [0.4, 0.5) is 0 Å². The molecule has 0 spiro atoms. The van der Waals surface area contributed by atoms with E-state index >= 15 is 0 Å². The highest BCUT2D eigenvalue weighted by Gasteiger charge is 2.37. The minimum atomic E-state index is -2.86. The maximum atomic E-state index is 11.5. The van der Waals surface area contributed by atoms with E-state index in [1.165, 1.54) is 0 Å². The van der Waals surface area contributed by atoms with E-state index in [1.807, 2.05) is 29.1 Å². The summed E-state index contributed by atoms with van der Waals surface area (Å²) in [5.41, 5.74) is 0.642. The summed E-state index contributed by atoms with van der Waals surface area (Å²) in [6.45, 7) is 2.58. The average molecular weight is 285 g/mol. The van der Waals surface area contributed by atoms with Gasteiger partial charge in [-0.1, -0.05) is 0 Å². The van der Waals surface area contributed by atoms with Crippen molar-refractivity contribution in [3.8, 4) is 0 Å². The Hall–Kier alpha value is -0.920. The SMILES string of the molecule is CC1(NCc2cn3ccsc3n2)CCS(=O)(=O)C1. The molecule has 2 aromatic heterocycles. The van der Waals surface area contributed by atoms with Gasteiger partial charge in [-0.15, -0.1) is 11.3 Å². The molecule has 0 saturated carbocycles. The number of nitrogens with zero attached hydrogens (tertiary/aromatic N) is 2. The van der Waals surface area contributed by atoms with E-state index in [4.69, 9.17) is 0 Å². The van der Waals surface area contributed by atoms with E-state index in [2.05, 4.69) is 10.3 Å². The average Bonchev–Trinajstić information content (AvgIpc) is 2.89. The van der Waals surface area contributed by atoms with Crippen LogP contribution in [0.15, 0.2) is 17.8 Å². The Morgan fingerprint density at radius 2 is 2.44 bits per heavy atom. The molecule has 0 radical (unpaired) electrons. The van der Waals surface area contributed by atoms with Gasteiger partial charge < -0.3 is 5.32 Å². The molecule has 0 aromatic carbocycles. The molecule has 7 heteroatoms. The summed E-state index contributed by atoms with van der Waals surface area (Å²) >= 11 is 1.59. The molecule has 1 unspecified atom stereocenters. The fourth-order valence-corrected chi connectivity index (χ4v) is 5.16. The zero-order chi connectivity index (χ0) is 12.8. The van der Waals surface area contributed by atoms with Gasteiger partial charge in [-0.2, -0.15) is 0 Å². The van der Waals surface area contributed by atoms with E-state index in [0.29, 0.717) is 13.0 Å². The molecular weight excluding hydrogens is 270 g/mol. The van der Waals surface area contributed by atoms with Crippen molar-refractivity contribution >= 4 is 26.1 Å². The molecule has 1 aliphatic rings. The van der Waals surface area contributed by atoms with Crippen LogP contribution in [0.5, 0.6) is 0 Å². The number of hydrogen-bond acceptors (Lipinski definition) is 5. The Bertz CT molecular complexity index is 645. The molecule has 2 aromatic rings. The van der Waals surface area contributed by atoms with Gasteiger partial charge >= 0.3 is 0 Å². The standard InChI is InChI=1S/C11H15N3O2S2/c1-11(2-5-18(15,16)8-11)12-6-9-7-14-3-4-17-10(14)13-9/h3-4,7,12H,2,5-6,8H2,1H3. The Labute approximate surface area is 110 Å². The van der Waals surface area contributed by atoms with Crippen LogP contribution in [0.2, 0.25) is 0 Å². The predicted octanol–water partition coefficient (Wildman–Crippen LogP) is 1.06. The molecule has 1 N–H and O–H groups in total. The van der Waals surface area contributed by atoms with E-state index in [0.717, 1.165) is 10.7 Å². The Balaban J connectivity index is 1.70. The van der Waals surface area contributed by atoms with Crippen LogP contribution in [0.3, 0.4) is 0 Å². The first kappa shape index (κ1) is 12.1. The molecule has 98 valence electrons. The van der Waals surface area contributed by atoms with Crippen molar-refractivity contribution in [2.45, 2.75) is 25.4 Å². The molecule has 3 heterocycles. The zero-order valence-corrected chi connectivity index (χ0v) is 11.7. The number of rotatable bonds is 3. The van der Waals surface area contributed by atoms with Gasteiger partial charge in [-0.05, 0) is 13.3 Å². The molecule has 3 rings (SSSR count). The van der Waals surface area contributed by atoms with Crippen LogP contribution in [-0.2, 0) is 16.4 Å². The third kappa shape index (κ3) is 2.30. The van der Waals surface area contributed by atoms with Gasteiger partial charge in [0.2, 0.25) is 0 Å². The first-order chi connectivity index (χ1) is 8.46. The number of thiazole rings is 1. The zero-order valence-electron chi connectivity index (χ0n) is 10.1. The Kier molecular flexibility index (Phi) is 2.72. The van der Waals surface area contributed by atoms with Crippen molar-refractivity contribution in [2.24, 2.45) is 0 Å². The highest BCUT2D eigenvalue weighted by atomic mass is 32.2. The lowest BCUT2D eigenvalue weighted by molar-refractivity contribution is 0.393. The summed E-state index contributed by atoms with van der Waals surface area (Å²) in [4.78, 5) is 5.44. The molecule has 18 heavy (non-hydrogen) atoms. The van der Waals surface area contributed by atoms with E-state index in [9.17, 15) is 8.42 Å². The smallest absolute Gasteiger partial charge is 0.193 e. The van der Waals surface area contributed by atoms with Crippen LogP contribution < -0.4 is 5.32 Å². The number of nitrogens with one attached hydrogen (secondary N) is 1. The van der Waals surface area contributed by atoms with Crippen molar-refractivity contribution in [3.05, 3.63) is 23.5 Å². The summed E-state index contributed by atoms with van der Waals surface area (Å²) in [5, 5.41) is 5.32. The minimum Gasteiger partial charge on any atom is -0.305 e. The highest BCUT2D eigenvalue weighted by molar-refractivity contribution is 7.91. The fourth-order valence-electron chi connectivity index (χ4n) is 2.32. The second kappa shape index (κ2) is 4.04. The molecule has 1 fully saturated rings. The van der Waals surface area contributed by atoms with Gasteiger partial charge in [0.1, 0.15) is 0 Å². The third-order valence-corrected chi connectivity index (χ3v) is 6.02. The van der Waals surface area contributed by atoms with Crippen molar-refractivity contribution < 1.29 is 8.42 Å². The molecule has 1 aliphatic heterocycles. The largest absolute Gasteiger partial charge is 0.305 e. The van der Waals surface area contributed by atoms with Gasteiger partial charge in [-0.3, -0.25) is 4.40 Å². The third-order valence-electron chi connectivity index (χ3n) is 3.34. The second-order valence-corrected chi connectivity index (χ2v) is 8.14. The van der Waals surface area contributed by atoms with Gasteiger partial charge in [-0.25, -0.2) is 13.4 Å². The van der Waals surface area contributed by atoms with Gasteiger partial charge in [0, 0.05) is 29.9 Å². The van der Waals surface area contributed by atoms with Gasteiger partial charge in [0.15, 0.2) is 14.8 Å². The van der Waals surface area contributed by atoms with Crippen molar-refractivity contribution in [1.29, 1.82) is 0 Å². The quantitative estimate of drug-likeness (QED) is 0.916. The number of aromatic nitrogens is 2. The lowest BCUT2D eigenvalue weighted by atomic mass is 10.0. The number of imidazole rings is 1. The number of hydrogen-bond donors (Lipinski definition) is 1. The molecule has 0 aliphatic carbocycles. The fraction of sp³-hybridized carbons (Fsp3) is 0.545. The maximum Gasteiger partial charge on any atom is 0.193 e. The van der Waals surface area contributed by atoms with Crippen molar-refractivity contribution in [2.75, 3.05) is 11.5 Å². The predicted molar refractivity (Wildman–Crippen MR) is 71.6 cm³/mol. The van der Waals surface area contributed by atoms with Crippen molar-refractivity contribution in [1.82, 2.24) is 14.7 Å². The second-order valence-electron chi connectivity index (χ2n) is 5.08.